The molecule has 0 bridgehead atoms. The van der Waals surface area contributed by atoms with Gasteiger partial charge in [0, 0.05) is 6.07 Å². The van der Waals surface area contributed by atoms with Gasteiger partial charge in [-0.25, -0.2) is 9.67 Å². The molecule has 7 heteroatoms. The molecule has 1 aromatic heterocycles. The van der Waals surface area contributed by atoms with Crippen LogP contribution in [0.1, 0.15) is 11.4 Å². The summed E-state index contributed by atoms with van der Waals surface area (Å²) in [4.78, 5) is 14.4. The molecule has 0 spiro atoms. The van der Waals surface area contributed by atoms with E-state index in [-0.39, 0.29) is 12.2 Å². The topological polar surface area (TPSA) is 99.9 Å². The lowest BCUT2D eigenvalue weighted by Gasteiger charge is -2.05. The quantitative estimate of drug-likeness (QED) is 0.618. The Hall–Kier alpha value is -2.28. The third kappa shape index (κ3) is 2.28. The Bertz CT molecular complexity index is 537. The molecule has 17 heavy (non-hydrogen) atoms. The number of hydrogen-bond acceptors (Lipinski definition) is 5. The number of nitrogens with zero attached hydrogens (tertiary/aromatic N) is 4. The fourth-order valence-electron chi connectivity index (χ4n) is 1.56. The average Bonchev–Trinajstić information content (AvgIpc) is 2.77. The molecule has 2 aromatic rings. The maximum Gasteiger partial charge on any atom is 0.274 e. The van der Waals surface area contributed by atoms with Crippen LogP contribution in [-0.4, -0.2) is 19.7 Å². The van der Waals surface area contributed by atoms with Crippen LogP contribution in [0, 0.1) is 10.1 Å². The summed E-state index contributed by atoms with van der Waals surface area (Å²) in [6.45, 7) is 0.546. The van der Waals surface area contributed by atoms with Crippen LogP contribution >= 0.6 is 0 Å². The molecule has 1 heterocycles. The van der Waals surface area contributed by atoms with Crippen molar-refractivity contribution in [1.82, 2.24) is 14.8 Å². The van der Waals surface area contributed by atoms with Gasteiger partial charge in [0.1, 0.15) is 12.2 Å². The van der Waals surface area contributed by atoms with Crippen molar-refractivity contribution in [2.45, 2.75) is 13.1 Å². The summed E-state index contributed by atoms with van der Waals surface area (Å²) in [5.41, 5.74) is 6.15. The number of nitro groups is 1. The maximum atomic E-state index is 10.8. The normalized spacial score (nSPS) is 10.4. The lowest BCUT2D eigenvalue weighted by molar-refractivity contribution is -0.385. The Kier molecular flexibility index (Phi) is 3.10. The smallest absolute Gasteiger partial charge is 0.274 e. The van der Waals surface area contributed by atoms with Crippen LogP contribution in [0.15, 0.2) is 30.6 Å². The van der Waals surface area contributed by atoms with E-state index < -0.39 is 4.92 Å². The van der Waals surface area contributed by atoms with Crippen LogP contribution in [0.3, 0.4) is 0 Å². The van der Waals surface area contributed by atoms with E-state index in [0.717, 1.165) is 0 Å². The van der Waals surface area contributed by atoms with E-state index in [1.54, 1.807) is 22.9 Å². The lowest BCUT2D eigenvalue weighted by atomic mass is 10.2. The second kappa shape index (κ2) is 4.71. The molecule has 0 atom stereocenters. The SMILES string of the molecule is NCc1ncnn1Cc1ccccc1[N+](=O)[O-]. The summed E-state index contributed by atoms with van der Waals surface area (Å²) in [6.07, 6.45) is 1.39. The van der Waals surface area contributed by atoms with Gasteiger partial charge in [-0.05, 0) is 0 Å². The van der Waals surface area contributed by atoms with Crippen molar-refractivity contribution in [3.63, 3.8) is 0 Å². The van der Waals surface area contributed by atoms with Gasteiger partial charge in [-0.2, -0.15) is 5.10 Å². The number of para-hydroxylation sites is 1. The van der Waals surface area contributed by atoms with E-state index in [1.165, 1.54) is 12.4 Å². The number of rotatable bonds is 4. The fourth-order valence-corrected chi connectivity index (χ4v) is 1.56. The molecule has 88 valence electrons. The van der Waals surface area contributed by atoms with Crippen LogP contribution < -0.4 is 5.73 Å². The summed E-state index contributed by atoms with van der Waals surface area (Å²) >= 11 is 0. The lowest BCUT2D eigenvalue weighted by Crippen LogP contribution is -2.11. The first-order valence-corrected chi connectivity index (χ1v) is 5.01. The van der Waals surface area contributed by atoms with Gasteiger partial charge in [0.25, 0.3) is 5.69 Å². The van der Waals surface area contributed by atoms with E-state index in [1.807, 2.05) is 0 Å². The molecule has 1 aromatic carbocycles. The molecule has 0 unspecified atom stereocenters. The number of aromatic nitrogens is 3. The van der Waals surface area contributed by atoms with Gasteiger partial charge in [0.2, 0.25) is 0 Å². The number of nitrogens with two attached hydrogens (primary N) is 1. The third-order valence-corrected chi connectivity index (χ3v) is 2.39. The molecule has 0 aliphatic rings. The molecule has 0 radical (unpaired) electrons. The highest BCUT2D eigenvalue weighted by Gasteiger charge is 2.14. The molecule has 0 aliphatic carbocycles. The largest absolute Gasteiger partial charge is 0.324 e. The van der Waals surface area contributed by atoms with Crippen LogP contribution in [0.4, 0.5) is 5.69 Å². The molecular formula is C10H11N5O2. The van der Waals surface area contributed by atoms with Gasteiger partial charge >= 0.3 is 0 Å². The van der Waals surface area contributed by atoms with Crippen molar-refractivity contribution < 1.29 is 4.92 Å². The zero-order valence-electron chi connectivity index (χ0n) is 8.98. The van der Waals surface area contributed by atoms with E-state index in [0.29, 0.717) is 17.9 Å². The molecule has 7 nitrogen and oxygen atoms in total. The second-order valence-electron chi connectivity index (χ2n) is 3.42. The predicted octanol–water partition coefficient (Wildman–Crippen LogP) is 0.693. The highest BCUT2D eigenvalue weighted by Crippen LogP contribution is 2.18. The number of nitro benzene ring substituents is 1. The summed E-state index contributed by atoms with van der Waals surface area (Å²) in [6, 6.07) is 6.54. The van der Waals surface area contributed by atoms with Gasteiger partial charge in [-0.15, -0.1) is 0 Å². The number of benzene rings is 1. The predicted molar refractivity (Wildman–Crippen MR) is 60.1 cm³/mol. The van der Waals surface area contributed by atoms with Crippen molar-refractivity contribution in [3.8, 4) is 0 Å². The van der Waals surface area contributed by atoms with E-state index >= 15 is 0 Å². The second-order valence-corrected chi connectivity index (χ2v) is 3.42. The summed E-state index contributed by atoms with van der Waals surface area (Å²) < 4.78 is 1.56. The monoisotopic (exact) mass is 233 g/mol. The van der Waals surface area contributed by atoms with Crippen LogP contribution in [-0.2, 0) is 13.1 Å². The Morgan fingerprint density at radius 1 is 1.41 bits per heavy atom. The Morgan fingerprint density at radius 2 is 2.18 bits per heavy atom. The molecule has 0 aliphatic heterocycles. The van der Waals surface area contributed by atoms with E-state index in [2.05, 4.69) is 10.1 Å². The van der Waals surface area contributed by atoms with Gasteiger partial charge in [-0.3, -0.25) is 10.1 Å². The van der Waals surface area contributed by atoms with Crippen molar-refractivity contribution in [3.05, 3.63) is 52.1 Å². The summed E-state index contributed by atoms with van der Waals surface area (Å²) in [5, 5.41) is 14.8. The molecule has 0 saturated carbocycles. The number of hydrogen-bond donors (Lipinski definition) is 1. The standard InChI is InChI=1S/C10H11N5O2/c11-5-10-12-7-13-14(10)6-8-3-1-2-4-9(8)15(16)17/h1-4,7H,5-6,11H2. The third-order valence-electron chi connectivity index (χ3n) is 2.39. The summed E-state index contributed by atoms with van der Waals surface area (Å²) in [7, 11) is 0. The van der Waals surface area contributed by atoms with Crippen LogP contribution in [0.25, 0.3) is 0 Å². The zero-order valence-corrected chi connectivity index (χ0v) is 8.98. The van der Waals surface area contributed by atoms with Gasteiger partial charge in [-0.1, -0.05) is 18.2 Å². The molecule has 0 amide bonds. The van der Waals surface area contributed by atoms with Crippen molar-refractivity contribution >= 4 is 5.69 Å². The van der Waals surface area contributed by atoms with E-state index in [9.17, 15) is 10.1 Å². The van der Waals surface area contributed by atoms with Crippen LogP contribution in [0.2, 0.25) is 0 Å². The van der Waals surface area contributed by atoms with Gasteiger partial charge < -0.3 is 5.73 Å². The Morgan fingerprint density at radius 3 is 2.88 bits per heavy atom. The fraction of sp³-hybridized carbons (Fsp3) is 0.200. The summed E-state index contributed by atoms with van der Waals surface area (Å²) in [5.74, 6) is 0.600. The molecular weight excluding hydrogens is 222 g/mol. The zero-order chi connectivity index (χ0) is 12.3. The Balaban J connectivity index is 2.33. The van der Waals surface area contributed by atoms with Gasteiger partial charge in [0.15, 0.2) is 0 Å². The first-order chi connectivity index (χ1) is 8.22. The van der Waals surface area contributed by atoms with Crippen molar-refractivity contribution in [2.75, 3.05) is 0 Å². The molecule has 0 fully saturated rings. The molecule has 2 rings (SSSR count). The van der Waals surface area contributed by atoms with Crippen molar-refractivity contribution in [2.24, 2.45) is 5.73 Å². The molecule has 0 saturated heterocycles. The first kappa shape index (κ1) is 11.2. The molecule has 2 N–H and O–H groups in total. The first-order valence-electron chi connectivity index (χ1n) is 5.01. The average molecular weight is 233 g/mol. The van der Waals surface area contributed by atoms with E-state index in [4.69, 9.17) is 5.73 Å². The maximum absolute atomic E-state index is 10.8. The van der Waals surface area contributed by atoms with Gasteiger partial charge in [0.05, 0.1) is 23.6 Å². The minimum Gasteiger partial charge on any atom is -0.324 e. The van der Waals surface area contributed by atoms with Crippen molar-refractivity contribution in [1.29, 1.82) is 0 Å². The minimum atomic E-state index is -0.408. The Labute approximate surface area is 97.0 Å². The highest BCUT2D eigenvalue weighted by atomic mass is 16.6. The highest BCUT2D eigenvalue weighted by molar-refractivity contribution is 5.39. The van der Waals surface area contributed by atoms with Crippen LogP contribution in [0.5, 0.6) is 0 Å². The minimum absolute atomic E-state index is 0.0750.